The van der Waals surface area contributed by atoms with Crippen molar-refractivity contribution in [1.82, 2.24) is 15.0 Å². The number of nitrogens with zero attached hydrogens (tertiary/aromatic N) is 3. The predicted molar refractivity (Wildman–Crippen MR) is 276 cm³/mol. The highest BCUT2D eigenvalue weighted by Crippen LogP contribution is 2.49. The van der Waals surface area contributed by atoms with Gasteiger partial charge in [0.05, 0.1) is 0 Å². The van der Waals surface area contributed by atoms with Crippen LogP contribution in [0.2, 0.25) is 0 Å². The van der Waals surface area contributed by atoms with Crippen molar-refractivity contribution in [2.45, 2.75) is 5.92 Å². The summed E-state index contributed by atoms with van der Waals surface area (Å²) in [6, 6.07) is 90.8. The summed E-state index contributed by atoms with van der Waals surface area (Å²) in [7, 11) is 0. The molecule has 3 heteroatoms. The van der Waals surface area contributed by atoms with Gasteiger partial charge in [-0.1, -0.05) is 206 Å². The maximum atomic E-state index is 5.39. The Kier molecular flexibility index (Phi) is 10.3. The minimum Gasteiger partial charge on any atom is -0.208 e. The van der Waals surface area contributed by atoms with E-state index in [0.29, 0.717) is 17.5 Å². The Morgan fingerprint density at radius 2 is 0.552 bits per heavy atom. The number of hydrogen-bond donors (Lipinski definition) is 0. The number of benzene rings is 10. The molecule has 0 bridgehead atoms. The Labute approximate surface area is 391 Å². The minimum atomic E-state index is 0.195. The third-order valence-electron chi connectivity index (χ3n) is 13.0. The van der Waals surface area contributed by atoms with E-state index < -0.39 is 0 Å². The first kappa shape index (κ1) is 39.8. The minimum absolute atomic E-state index is 0.195. The fraction of sp³-hybridized carbons (Fsp3) is 0.0156. The highest BCUT2D eigenvalue weighted by Gasteiger charge is 2.30. The summed E-state index contributed by atoms with van der Waals surface area (Å²) in [5.41, 5.74) is 20.4. The first-order valence-corrected chi connectivity index (χ1v) is 22.9. The monoisotopic (exact) mass is 853 g/mol. The molecule has 0 N–H and O–H groups in total. The van der Waals surface area contributed by atoms with Crippen molar-refractivity contribution in [1.29, 1.82) is 0 Å². The van der Waals surface area contributed by atoms with E-state index in [0.717, 1.165) is 72.3 Å². The molecule has 0 fully saturated rings. The van der Waals surface area contributed by atoms with Gasteiger partial charge in [0.2, 0.25) is 0 Å². The van der Waals surface area contributed by atoms with Crippen LogP contribution in [0.4, 0.5) is 0 Å². The van der Waals surface area contributed by atoms with Gasteiger partial charge < -0.3 is 0 Å². The molecule has 0 radical (unpaired) electrons. The zero-order chi connectivity index (χ0) is 44.5. The van der Waals surface area contributed by atoms with Crippen molar-refractivity contribution in [3.8, 4) is 101 Å². The second-order valence-electron chi connectivity index (χ2n) is 17.2. The van der Waals surface area contributed by atoms with Crippen molar-refractivity contribution >= 4 is 0 Å². The number of hydrogen-bond acceptors (Lipinski definition) is 3. The van der Waals surface area contributed by atoms with Crippen molar-refractivity contribution in [3.05, 3.63) is 271 Å². The van der Waals surface area contributed by atoms with Crippen molar-refractivity contribution < 1.29 is 0 Å². The van der Waals surface area contributed by atoms with Crippen LogP contribution in [0.1, 0.15) is 22.6 Å². The summed E-state index contributed by atoms with van der Waals surface area (Å²) in [6.45, 7) is 0. The zero-order valence-electron chi connectivity index (χ0n) is 36.7. The second-order valence-corrected chi connectivity index (χ2v) is 17.2. The lowest BCUT2D eigenvalue weighted by Gasteiger charge is -2.15. The molecule has 10 aromatic carbocycles. The van der Waals surface area contributed by atoms with E-state index in [2.05, 4.69) is 255 Å². The molecule has 1 heterocycles. The van der Waals surface area contributed by atoms with Crippen molar-refractivity contribution in [3.63, 3.8) is 0 Å². The first-order valence-electron chi connectivity index (χ1n) is 22.9. The standard InChI is InChI=1S/C64H43N3/c1-6-19-43(20-7-1)51-36-52(44-21-8-2-9-22-44)39-55(38-51)63-65-62(66-64(67-63)56-40-53(45-23-10-3-11-24-45)37-54(41-56)46-25-12-4-13-26-46)50-30-18-29-48(35-50)49-33-34-59-60(42-49)57-31-16-17-32-58(57)61(59)47-27-14-5-15-28-47/h1-42,61H. The van der Waals surface area contributed by atoms with Gasteiger partial charge in [0.15, 0.2) is 17.5 Å². The number of rotatable bonds is 9. The molecule has 0 spiro atoms. The van der Waals surface area contributed by atoms with Gasteiger partial charge in [-0.25, -0.2) is 15.0 Å². The molecule has 1 aliphatic rings. The quantitative estimate of drug-likeness (QED) is 0.145. The predicted octanol–water partition coefficient (Wildman–Crippen LogP) is 16.4. The van der Waals surface area contributed by atoms with Crippen LogP contribution in [-0.2, 0) is 0 Å². The van der Waals surface area contributed by atoms with Crippen LogP contribution in [0.15, 0.2) is 255 Å². The highest BCUT2D eigenvalue weighted by atomic mass is 15.0. The van der Waals surface area contributed by atoms with Crippen LogP contribution < -0.4 is 0 Å². The molecular weight excluding hydrogens is 811 g/mol. The molecule has 1 atom stereocenters. The molecule has 0 saturated heterocycles. The zero-order valence-corrected chi connectivity index (χ0v) is 36.7. The molecule has 11 aromatic rings. The molecule has 314 valence electrons. The molecule has 0 amide bonds. The molecular formula is C64H43N3. The van der Waals surface area contributed by atoms with Crippen molar-refractivity contribution in [2.75, 3.05) is 0 Å². The Morgan fingerprint density at radius 3 is 1.04 bits per heavy atom. The Hall–Kier alpha value is -8.79. The first-order chi connectivity index (χ1) is 33.2. The summed E-state index contributed by atoms with van der Waals surface area (Å²) >= 11 is 0. The largest absolute Gasteiger partial charge is 0.208 e. The normalized spacial score (nSPS) is 12.6. The summed E-state index contributed by atoms with van der Waals surface area (Å²) < 4.78 is 0. The van der Waals surface area contributed by atoms with Gasteiger partial charge in [-0.2, -0.15) is 0 Å². The lowest BCUT2D eigenvalue weighted by Crippen LogP contribution is -2.01. The second kappa shape index (κ2) is 17.3. The SMILES string of the molecule is c1ccc(-c2cc(-c3ccccc3)cc(-c3nc(-c4cccc(-c5ccc6c(c5)-c5ccccc5C6c5ccccc5)c4)nc(-c4cc(-c5ccccc5)cc(-c5ccccc5)c4)n3)c2)cc1. The number of fused-ring (bicyclic) bond motifs is 3. The Balaban J connectivity index is 1.04. The van der Waals surface area contributed by atoms with Gasteiger partial charge in [-0.05, 0) is 132 Å². The summed E-state index contributed by atoms with van der Waals surface area (Å²) in [4.78, 5) is 16.1. The Bertz CT molecular complexity index is 3290. The van der Waals surface area contributed by atoms with E-state index >= 15 is 0 Å². The van der Waals surface area contributed by atoms with Gasteiger partial charge in [0, 0.05) is 22.6 Å². The maximum absolute atomic E-state index is 5.39. The molecule has 1 unspecified atom stereocenters. The third kappa shape index (κ3) is 7.83. The molecule has 0 aliphatic heterocycles. The fourth-order valence-corrected chi connectivity index (χ4v) is 9.69. The van der Waals surface area contributed by atoms with E-state index in [1.54, 1.807) is 0 Å². The van der Waals surface area contributed by atoms with Crippen LogP contribution in [0.5, 0.6) is 0 Å². The van der Waals surface area contributed by atoms with Crippen LogP contribution in [0, 0.1) is 0 Å². The average Bonchev–Trinajstić information content (AvgIpc) is 3.75. The van der Waals surface area contributed by atoms with Gasteiger partial charge in [0.25, 0.3) is 0 Å². The van der Waals surface area contributed by atoms with Gasteiger partial charge in [0.1, 0.15) is 0 Å². The molecule has 1 aromatic heterocycles. The molecule has 67 heavy (non-hydrogen) atoms. The van der Waals surface area contributed by atoms with E-state index in [1.165, 1.54) is 27.8 Å². The lowest BCUT2D eigenvalue weighted by molar-refractivity contribution is 1.02. The Morgan fingerprint density at radius 1 is 0.209 bits per heavy atom. The van der Waals surface area contributed by atoms with E-state index in [-0.39, 0.29) is 5.92 Å². The van der Waals surface area contributed by atoms with Crippen LogP contribution in [0.25, 0.3) is 101 Å². The van der Waals surface area contributed by atoms with Crippen molar-refractivity contribution in [2.24, 2.45) is 0 Å². The molecule has 12 rings (SSSR count). The smallest absolute Gasteiger partial charge is 0.164 e. The topological polar surface area (TPSA) is 38.7 Å². The lowest BCUT2D eigenvalue weighted by atomic mass is 9.89. The van der Waals surface area contributed by atoms with Gasteiger partial charge in [-0.15, -0.1) is 0 Å². The van der Waals surface area contributed by atoms with Crippen LogP contribution in [-0.4, -0.2) is 15.0 Å². The van der Waals surface area contributed by atoms with E-state index in [1.807, 2.05) is 0 Å². The number of aromatic nitrogens is 3. The maximum Gasteiger partial charge on any atom is 0.164 e. The molecule has 0 saturated carbocycles. The van der Waals surface area contributed by atoms with Crippen LogP contribution in [0.3, 0.4) is 0 Å². The van der Waals surface area contributed by atoms with Crippen LogP contribution >= 0.6 is 0 Å². The molecule has 1 aliphatic carbocycles. The van der Waals surface area contributed by atoms with E-state index in [9.17, 15) is 0 Å². The van der Waals surface area contributed by atoms with Gasteiger partial charge in [-0.3, -0.25) is 0 Å². The fourth-order valence-electron chi connectivity index (χ4n) is 9.69. The highest BCUT2D eigenvalue weighted by molar-refractivity contribution is 5.86. The van der Waals surface area contributed by atoms with E-state index in [4.69, 9.17) is 15.0 Å². The summed E-state index contributed by atoms with van der Waals surface area (Å²) in [5.74, 6) is 2.01. The van der Waals surface area contributed by atoms with Gasteiger partial charge >= 0.3 is 0 Å². The summed E-state index contributed by atoms with van der Waals surface area (Å²) in [5, 5.41) is 0. The third-order valence-corrected chi connectivity index (χ3v) is 13.0. The average molecular weight is 854 g/mol. The summed E-state index contributed by atoms with van der Waals surface area (Å²) in [6.07, 6.45) is 0. The molecule has 3 nitrogen and oxygen atoms in total.